The summed E-state index contributed by atoms with van der Waals surface area (Å²) >= 11 is 11.6. The lowest BCUT2D eigenvalue weighted by atomic mass is 10.2. The summed E-state index contributed by atoms with van der Waals surface area (Å²) in [6.07, 6.45) is 1.70. The van der Waals surface area contributed by atoms with Gasteiger partial charge in [-0.05, 0) is 42.0 Å². The molecule has 2 aromatic carbocycles. The number of nitrogens with one attached hydrogen (secondary N) is 1. The van der Waals surface area contributed by atoms with E-state index in [0.29, 0.717) is 17.4 Å². The van der Waals surface area contributed by atoms with Gasteiger partial charge in [0, 0.05) is 30.5 Å². The molecule has 0 aliphatic rings. The number of carbonyl (C=O) groups is 1. The van der Waals surface area contributed by atoms with Crippen molar-refractivity contribution in [3.63, 3.8) is 0 Å². The number of hydrogen-bond donors (Lipinski definition) is 2. The van der Waals surface area contributed by atoms with Gasteiger partial charge in [-0.2, -0.15) is 5.10 Å². The fourth-order valence-electron chi connectivity index (χ4n) is 2.21. The summed E-state index contributed by atoms with van der Waals surface area (Å²) in [5.41, 5.74) is 5.83. The quantitative estimate of drug-likeness (QED) is 0.390. The Morgan fingerprint density at radius 2 is 1.64 bits per heavy atom. The number of nitrogens with zero attached hydrogens (tertiary/aromatic N) is 2. The van der Waals surface area contributed by atoms with Crippen LogP contribution in [0.5, 0.6) is 0 Å². The summed E-state index contributed by atoms with van der Waals surface area (Å²) in [5.74, 6) is 0.141. The topological polar surface area (TPSA) is 64.9 Å². The number of alkyl halides is 2. The van der Waals surface area contributed by atoms with Gasteiger partial charge in [0.2, 0.25) is 0 Å². The number of hydrazone groups is 1. The predicted molar refractivity (Wildman–Crippen MR) is 105 cm³/mol. The van der Waals surface area contributed by atoms with Crippen molar-refractivity contribution in [1.29, 1.82) is 0 Å². The summed E-state index contributed by atoms with van der Waals surface area (Å²) in [6, 6.07) is 14.3. The Kier molecular flexibility index (Phi) is 7.57. The lowest BCUT2D eigenvalue weighted by molar-refractivity contribution is 0.0697. The molecule has 0 radical (unpaired) electrons. The van der Waals surface area contributed by atoms with Gasteiger partial charge in [-0.25, -0.2) is 4.79 Å². The predicted octanol–water partition coefficient (Wildman–Crippen LogP) is 4.11. The molecule has 0 spiro atoms. The normalized spacial score (nSPS) is 10.8. The van der Waals surface area contributed by atoms with E-state index in [2.05, 4.69) is 15.4 Å². The Bertz CT molecular complexity index is 697. The molecule has 0 atom stereocenters. The van der Waals surface area contributed by atoms with Crippen LogP contribution in [0.1, 0.15) is 15.9 Å². The lowest BCUT2D eigenvalue weighted by Crippen LogP contribution is -2.27. The van der Waals surface area contributed by atoms with Crippen LogP contribution in [0.25, 0.3) is 0 Å². The summed E-state index contributed by atoms with van der Waals surface area (Å²) in [7, 11) is 0. The van der Waals surface area contributed by atoms with E-state index >= 15 is 0 Å². The molecule has 0 saturated heterocycles. The Hall–Kier alpha value is -2.24. The molecule has 0 heterocycles. The first-order valence-corrected chi connectivity index (χ1v) is 8.80. The maximum atomic E-state index is 10.8. The highest BCUT2D eigenvalue weighted by Crippen LogP contribution is 2.15. The smallest absolute Gasteiger partial charge is 0.335 e. The summed E-state index contributed by atoms with van der Waals surface area (Å²) in [4.78, 5) is 12.9. The van der Waals surface area contributed by atoms with Gasteiger partial charge in [-0.15, -0.1) is 23.2 Å². The maximum Gasteiger partial charge on any atom is 0.335 e. The number of carboxylic acid groups (broad SMARTS) is 1. The van der Waals surface area contributed by atoms with E-state index in [-0.39, 0.29) is 5.56 Å². The van der Waals surface area contributed by atoms with E-state index in [4.69, 9.17) is 28.3 Å². The van der Waals surface area contributed by atoms with Gasteiger partial charge in [-0.3, -0.25) is 5.43 Å². The van der Waals surface area contributed by atoms with E-state index < -0.39 is 5.97 Å². The Morgan fingerprint density at radius 3 is 2.16 bits per heavy atom. The van der Waals surface area contributed by atoms with Crippen molar-refractivity contribution in [3.8, 4) is 0 Å². The van der Waals surface area contributed by atoms with E-state index in [0.717, 1.165) is 24.3 Å². The standard InChI is InChI=1S/C18H19Cl2N3O2/c19-9-11-23(12-10-20)17-7-1-14(2-8-17)13-21-22-16-5-3-15(4-6-16)18(24)25/h1-8,13,22H,9-12H2,(H,24,25)/b21-13-. The third kappa shape index (κ3) is 5.96. The van der Waals surface area contributed by atoms with E-state index in [1.165, 1.54) is 12.1 Å². The molecule has 2 aromatic rings. The van der Waals surface area contributed by atoms with Crippen molar-refractivity contribution in [3.05, 3.63) is 59.7 Å². The Labute approximate surface area is 156 Å². The molecule has 0 aliphatic heterocycles. The average molecular weight is 380 g/mol. The van der Waals surface area contributed by atoms with Crippen molar-refractivity contribution in [2.24, 2.45) is 5.10 Å². The van der Waals surface area contributed by atoms with Crippen LogP contribution in [0.4, 0.5) is 11.4 Å². The summed E-state index contributed by atoms with van der Waals surface area (Å²) in [5, 5.41) is 13.0. The monoisotopic (exact) mass is 379 g/mol. The largest absolute Gasteiger partial charge is 0.478 e. The third-order valence-corrected chi connectivity index (χ3v) is 3.84. The lowest BCUT2D eigenvalue weighted by Gasteiger charge is -2.22. The zero-order valence-corrected chi connectivity index (χ0v) is 15.0. The third-order valence-electron chi connectivity index (χ3n) is 3.51. The molecule has 25 heavy (non-hydrogen) atoms. The van der Waals surface area contributed by atoms with Gasteiger partial charge in [0.25, 0.3) is 0 Å². The fraction of sp³-hybridized carbons (Fsp3) is 0.222. The van der Waals surface area contributed by atoms with Gasteiger partial charge in [0.15, 0.2) is 0 Å². The zero-order valence-electron chi connectivity index (χ0n) is 13.5. The zero-order chi connectivity index (χ0) is 18.1. The molecule has 0 aliphatic carbocycles. The first-order valence-electron chi connectivity index (χ1n) is 7.73. The average Bonchev–Trinajstić information content (AvgIpc) is 2.62. The van der Waals surface area contributed by atoms with Crippen LogP contribution in [0.3, 0.4) is 0 Å². The van der Waals surface area contributed by atoms with Gasteiger partial charge in [0.05, 0.1) is 17.5 Å². The highest BCUT2D eigenvalue weighted by atomic mass is 35.5. The Morgan fingerprint density at radius 1 is 1.04 bits per heavy atom. The molecule has 0 amide bonds. The van der Waals surface area contributed by atoms with Crippen LogP contribution in [-0.2, 0) is 0 Å². The molecule has 5 nitrogen and oxygen atoms in total. The molecule has 0 saturated carbocycles. The number of benzene rings is 2. The number of hydrogen-bond acceptors (Lipinski definition) is 4. The van der Waals surface area contributed by atoms with Crippen molar-refractivity contribution >= 4 is 46.8 Å². The van der Waals surface area contributed by atoms with E-state index in [1.807, 2.05) is 24.3 Å². The van der Waals surface area contributed by atoms with Crippen LogP contribution in [0.2, 0.25) is 0 Å². The molecule has 2 rings (SSSR count). The molecule has 132 valence electrons. The van der Waals surface area contributed by atoms with Crippen LogP contribution < -0.4 is 10.3 Å². The highest BCUT2D eigenvalue weighted by molar-refractivity contribution is 6.18. The van der Waals surface area contributed by atoms with Gasteiger partial charge < -0.3 is 10.0 Å². The molecular formula is C18H19Cl2N3O2. The minimum atomic E-state index is -0.951. The highest BCUT2D eigenvalue weighted by Gasteiger charge is 2.04. The van der Waals surface area contributed by atoms with Gasteiger partial charge in [0.1, 0.15) is 0 Å². The second-order valence-electron chi connectivity index (χ2n) is 5.21. The van der Waals surface area contributed by atoms with Crippen molar-refractivity contribution in [2.45, 2.75) is 0 Å². The van der Waals surface area contributed by atoms with Crippen LogP contribution in [0.15, 0.2) is 53.6 Å². The van der Waals surface area contributed by atoms with E-state index in [1.54, 1.807) is 18.3 Å². The SMILES string of the molecule is O=C(O)c1ccc(N/N=C\c2ccc(N(CCCl)CCCl)cc2)cc1. The minimum Gasteiger partial charge on any atom is -0.478 e. The maximum absolute atomic E-state index is 10.8. The first-order chi connectivity index (χ1) is 12.1. The summed E-state index contributed by atoms with van der Waals surface area (Å²) < 4.78 is 0. The van der Waals surface area contributed by atoms with Crippen molar-refractivity contribution < 1.29 is 9.90 Å². The second-order valence-corrected chi connectivity index (χ2v) is 5.96. The first kappa shape index (κ1) is 19.1. The molecule has 2 N–H and O–H groups in total. The number of aromatic carboxylic acids is 1. The molecule has 0 aromatic heterocycles. The van der Waals surface area contributed by atoms with Crippen LogP contribution in [-0.4, -0.2) is 42.1 Å². The molecule has 7 heteroatoms. The minimum absolute atomic E-state index is 0.239. The Balaban J connectivity index is 1.95. The van der Waals surface area contributed by atoms with Crippen LogP contribution >= 0.6 is 23.2 Å². The van der Waals surface area contributed by atoms with Crippen molar-refractivity contribution in [1.82, 2.24) is 0 Å². The second kappa shape index (κ2) is 9.91. The molecule has 0 unspecified atom stereocenters. The number of halogens is 2. The van der Waals surface area contributed by atoms with Gasteiger partial charge in [-0.1, -0.05) is 12.1 Å². The van der Waals surface area contributed by atoms with E-state index in [9.17, 15) is 4.79 Å². The fourth-order valence-corrected chi connectivity index (χ4v) is 2.62. The van der Waals surface area contributed by atoms with Gasteiger partial charge >= 0.3 is 5.97 Å². The molecule has 0 bridgehead atoms. The summed E-state index contributed by atoms with van der Waals surface area (Å²) in [6.45, 7) is 1.49. The molecular weight excluding hydrogens is 361 g/mol. The molecule has 0 fully saturated rings. The number of rotatable bonds is 9. The number of carboxylic acids is 1. The van der Waals surface area contributed by atoms with Crippen LogP contribution in [0, 0.1) is 0 Å². The van der Waals surface area contributed by atoms with Crippen molar-refractivity contribution in [2.75, 3.05) is 35.2 Å². The number of anilines is 2.